The molecule has 0 fully saturated rings. The molecule has 0 saturated heterocycles. The third-order valence-corrected chi connectivity index (χ3v) is 4.16. The van der Waals surface area contributed by atoms with Gasteiger partial charge in [0, 0.05) is 11.0 Å². The first-order valence-corrected chi connectivity index (χ1v) is 7.33. The van der Waals surface area contributed by atoms with Crippen LogP contribution in [0, 0.1) is 5.92 Å². The summed E-state index contributed by atoms with van der Waals surface area (Å²) in [6.45, 7) is 1.78. The van der Waals surface area contributed by atoms with E-state index in [0.717, 1.165) is 35.5 Å². The van der Waals surface area contributed by atoms with Crippen molar-refractivity contribution in [2.45, 2.75) is 25.8 Å². The summed E-state index contributed by atoms with van der Waals surface area (Å²) in [6, 6.07) is 5.16. The molecule has 1 aromatic rings. The molecule has 102 valence electrons. The van der Waals surface area contributed by atoms with Gasteiger partial charge in [0.25, 0.3) is 0 Å². The molecule has 0 aliphatic heterocycles. The molecule has 0 amide bonds. The Morgan fingerprint density at radius 3 is 2.89 bits per heavy atom. The second-order valence-corrected chi connectivity index (χ2v) is 5.75. The highest BCUT2D eigenvalue weighted by Crippen LogP contribution is 2.20. The molecule has 1 unspecified atom stereocenters. The number of benzene rings is 1. The number of carbonyl (C=O) groups is 1. The molecule has 3 nitrogen and oxygen atoms in total. The molecule has 19 heavy (non-hydrogen) atoms. The fourth-order valence-corrected chi connectivity index (χ4v) is 2.80. The highest BCUT2D eigenvalue weighted by molar-refractivity contribution is 9.10. The monoisotopic (exact) mass is 323 g/mol. The number of carboxylic acid groups (broad SMARTS) is 1. The van der Waals surface area contributed by atoms with Gasteiger partial charge in [-0.3, -0.25) is 0 Å². The molecule has 0 bridgehead atoms. The van der Waals surface area contributed by atoms with Crippen LogP contribution in [0.2, 0.25) is 0 Å². The van der Waals surface area contributed by atoms with Gasteiger partial charge < -0.3 is 10.4 Å². The largest absolute Gasteiger partial charge is 0.478 e. The van der Waals surface area contributed by atoms with E-state index in [4.69, 9.17) is 5.11 Å². The van der Waals surface area contributed by atoms with E-state index in [2.05, 4.69) is 33.4 Å². The van der Waals surface area contributed by atoms with E-state index >= 15 is 0 Å². The van der Waals surface area contributed by atoms with E-state index in [1.807, 2.05) is 6.07 Å². The summed E-state index contributed by atoms with van der Waals surface area (Å²) in [6.07, 6.45) is 8.10. The quantitative estimate of drug-likeness (QED) is 0.814. The van der Waals surface area contributed by atoms with Crippen LogP contribution in [0.4, 0.5) is 0 Å². The van der Waals surface area contributed by atoms with Crippen molar-refractivity contribution in [2.75, 3.05) is 6.54 Å². The van der Waals surface area contributed by atoms with Gasteiger partial charge in [0.1, 0.15) is 0 Å². The van der Waals surface area contributed by atoms with Crippen molar-refractivity contribution >= 4 is 21.9 Å². The van der Waals surface area contributed by atoms with E-state index in [1.165, 1.54) is 12.8 Å². The number of nitrogens with one attached hydrogen (secondary N) is 1. The first-order chi connectivity index (χ1) is 9.16. The number of aromatic carboxylic acids is 1. The van der Waals surface area contributed by atoms with Crippen LogP contribution in [0.3, 0.4) is 0 Å². The van der Waals surface area contributed by atoms with Gasteiger partial charge in [-0.1, -0.05) is 34.1 Å². The average Bonchev–Trinajstić information content (AvgIpc) is 2.41. The summed E-state index contributed by atoms with van der Waals surface area (Å²) >= 11 is 3.43. The van der Waals surface area contributed by atoms with E-state index in [0.29, 0.717) is 5.56 Å². The molecule has 0 spiro atoms. The zero-order chi connectivity index (χ0) is 13.7. The summed E-state index contributed by atoms with van der Waals surface area (Å²) < 4.78 is 0.850. The summed E-state index contributed by atoms with van der Waals surface area (Å²) in [5, 5.41) is 12.4. The Hall–Kier alpha value is -1.13. The summed E-state index contributed by atoms with van der Waals surface area (Å²) in [5.74, 6) is -0.170. The van der Waals surface area contributed by atoms with E-state index < -0.39 is 5.97 Å². The van der Waals surface area contributed by atoms with E-state index in [1.54, 1.807) is 12.1 Å². The van der Waals surface area contributed by atoms with Crippen LogP contribution in [-0.4, -0.2) is 17.6 Å². The molecular formula is C15H18BrNO2. The van der Waals surface area contributed by atoms with Crippen molar-refractivity contribution < 1.29 is 9.90 Å². The summed E-state index contributed by atoms with van der Waals surface area (Å²) in [4.78, 5) is 10.8. The van der Waals surface area contributed by atoms with Crippen molar-refractivity contribution in [3.05, 3.63) is 46.0 Å². The van der Waals surface area contributed by atoms with Gasteiger partial charge in [0.2, 0.25) is 0 Å². The minimum Gasteiger partial charge on any atom is -0.478 e. The Morgan fingerprint density at radius 2 is 2.26 bits per heavy atom. The van der Waals surface area contributed by atoms with Crippen LogP contribution in [0.15, 0.2) is 34.8 Å². The maximum absolute atomic E-state index is 10.8. The van der Waals surface area contributed by atoms with Gasteiger partial charge in [0.15, 0.2) is 0 Å². The molecule has 2 N–H and O–H groups in total. The van der Waals surface area contributed by atoms with Gasteiger partial charge in [-0.15, -0.1) is 0 Å². The van der Waals surface area contributed by atoms with Crippen LogP contribution in [0.25, 0.3) is 0 Å². The normalized spacial score (nSPS) is 18.5. The first-order valence-electron chi connectivity index (χ1n) is 6.54. The standard InChI is InChI=1S/C15H18BrNO2/c16-14-8-12(15(18)19)6-7-13(14)10-17-9-11-4-2-1-3-5-11/h1-2,6-8,11,17H,3-5,9-10H2,(H,18,19). The van der Waals surface area contributed by atoms with Crippen molar-refractivity contribution in [3.8, 4) is 0 Å². The fourth-order valence-electron chi connectivity index (χ4n) is 2.28. The predicted molar refractivity (Wildman–Crippen MR) is 79.3 cm³/mol. The fraction of sp³-hybridized carbons (Fsp3) is 0.400. The van der Waals surface area contributed by atoms with Crippen molar-refractivity contribution in [2.24, 2.45) is 5.92 Å². The second-order valence-electron chi connectivity index (χ2n) is 4.89. The molecule has 0 radical (unpaired) electrons. The van der Waals surface area contributed by atoms with E-state index in [-0.39, 0.29) is 0 Å². The molecule has 0 aromatic heterocycles. The predicted octanol–water partition coefficient (Wildman–Crippen LogP) is 3.59. The summed E-state index contributed by atoms with van der Waals surface area (Å²) in [5.41, 5.74) is 1.41. The molecule has 2 rings (SSSR count). The Bertz CT molecular complexity index is 485. The highest BCUT2D eigenvalue weighted by Gasteiger charge is 2.10. The Balaban J connectivity index is 1.85. The molecule has 1 aromatic carbocycles. The minimum absolute atomic E-state index is 0.313. The molecular weight excluding hydrogens is 306 g/mol. The first kappa shape index (κ1) is 14.3. The number of hydrogen-bond acceptors (Lipinski definition) is 2. The van der Waals surface area contributed by atoms with Crippen molar-refractivity contribution in [3.63, 3.8) is 0 Å². The molecule has 4 heteroatoms. The molecule has 0 saturated carbocycles. The Morgan fingerprint density at radius 1 is 1.42 bits per heavy atom. The number of hydrogen-bond donors (Lipinski definition) is 2. The van der Waals surface area contributed by atoms with Gasteiger partial charge in [-0.25, -0.2) is 4.79 Å². The van der Waals surface area contributed by atoms with E-state index in [9.17, 15) is 4.79 Å². The number of allylic oxidation sites excluding steroid dienone is 2. The number of rotatable bonds is 5. The van der Waals surface area contributed by atoms with Gasteiger partial charge >= 0.3 is 5.97 Å². The Kier molecular flexibility index (Phi) is 5.16. The van der Waals surface area contributed by atoms with Crippen LogP contribution < -0.4 is 5.32 Å². The maximum atomic E-state index is 10.8. The lowest BCUT2D eigenvalue weighted by molar-refractivity contribution is 0.0697. The lowest BCUT2D eigenvalue weighted by Crippen LogP contribution is -2.23. The third kappa shape index (κ3) is 4.18. The maximum Gasteiger partial charge on any atom is 0.335 e. The lowest BCUT2D eigenvalue weighted by Gasteiger charge is -2.18. The molecule has 1 aliphatic carbocycles. The highest BCUT2D eigenvalue weighted by atomic mass is 79.9. The van der Waals surface area contributed by atoms with Crippen molar-refractivity contribution in [1.82, 2.24) is 5.32 Å². The molecule has 1 aliphatic rings. The zero-order valence-electron chi connectivity index (χ0n) is 10.7. The second kappa shape index (κ2) is 6.87. The van der Waals surface area contributed by atoms with Gasteiger partial charge in [-0.05, 0) is 49.4 Å². The smallest absolute Gasteiger partial charge is 0.335 e. The van der Waals surface area contributed by atoms with Gasteiger partial charge in [-0.2, -0.15) is 0 Å². The van der Waals surface area contributed by atoms with Crippen LogP contribution in [0.5, 0.6) is 0 Å². The van der Waals surface area contributed by atoms with Crippen LogP contribution in [-0.2, 0) is 6.54 Å². The molecule has 0 heterocycles. The average molecular weight is 324 g/mol. The van der Waals surface area contributed by atoms with Crippen molar-refractivity contribution in [1.29, 1.82) is 0 Å². The zero-order valence-corrected chi connectivity index (χ0v) is 12.3. The SMILES string of the molecule is O=C(O)c1ccc(CNCC2CC=CCC2)c(Br)c1. The number of carboxylic acids is 1. The summed E-state index contributed by atoms with van der Waals surface area (Å²) in [7, 11) is 0. The Labute approximate surface area is 121 Å². The number of halogens is 1. The topological polar surface area (TPSA) is 49.3 Å². The third-order valence-electron chi connectivity index (χ3n) is 3.43. The van der Waals surface area contributed by atoms with Crippen LogP contribution >= 0.6 is 15.9 Å². The van der Waals surface area contributed by atoms with Crippen LogP contribution in [0.1, 0.15) is 35.2 Å². The lowest BCUT2D eigenvalue weighted by atomic mass is 9.94. The minimum atomic E-state index is -0.894. The molecule has 1 atom stereocenters. The van der Waals surface area contributed by atoms with Gasteiger partial charge in [0.05, 0.1) is 5.56 Å².